The first-order valence-corrected chi connectivity index (χ1v) is 6.33. The minimum atomic E-state index is -0.226. The third-order valence-corrected chi connectivity index (χ3v) is 3.98. The second kappa shape index (κ2) is 4.35. The molecule has 0 radical (unpaired) electrons. The van der Waals surface area contributed by atoms with Crippen molar-refractivity contribution in [1.82, 2.24) is 4.90 Å². The standard InChI is InChI=1S/C14H16FNO2/c15-12-4-2-1-3-11(12)5-6-13(17)16-8-7-14(16)9-18-10-14/h1-4H,5-10H2. The molecule has 3 nitrogen and oxygen atoms in total. The fourth-order valence-electron chi connectivity index (χ4n) is 2.64. The van der Waals surface area contributed by atoms with E-state index in [2.05, 4.69) is 0 Å². The van der Waals surface area contributed by atoms with Crippen molar-refractivity contribution in [3.8, 4) is 0 Å². The highest BCUT2D eigenvalue weighted by atomic mass is 19.1. The number of ether oxygens (including phenoxy) is 1. The van der Waals surface area contributed by atoms with E-state index in [1.165, 1.54) is 6.07 Å². The van der Waals surface area contributed by atoms with Crippen LogP contribution in [0.4, 0.5) is 4.39 Å². The van der Waals surface area contributed by atoms with Gasteiger partial charge in [-0.1, -0.05) is 18.2 Å². The van der Waals surface area contributed by atoms with Gasteiger partial charge in [-0.25, -0.2) is 4.39 Å². The van der Waals surface area contributed by atoms with Gasteiger partial charge < -0.3 is 9.64 Å². The molecule has 0 N–H and O–H groups in total. The van der Waals surface area contributed by atoms with Crippen LogP contribution in [0.1, 0.15) is 18.4 Å². The number of rotatable bonds is 3. The van der Waals surface area contributed by atoms with Gasteiger partial charge in [-0.3, -0.25) is 4.79 Å². The predicted molar refractivity (Wildman–Crippen MR) is 64.6 cm³/mol. The smallest absolute Gasteiger partial charge is 0.223 e. The van der Waals surface area contributed by atoms with Gasteiger partial charge in [0.05, 0.1) is 18.8 Å². The van der Waals surface area contributed by atoms with Gasteiger partial charge in [0.15, 0.2) is 0 Å². The zero-order valence-electron chi connectivity index (χ0n) is 10.2. The molecule has 0 bridgehead atoms. The summed E-state index contributed by atoms with van der Waals surface area (Å²) < 4.78 is 18.6. The molecule has 1 amide bonds. The monoisotopic (exact) mass is 249 g/mol. The molecule has 4 heteroatoms. The van der Waals surface area contributed by atoms with Crippen molar-refractivity contribution < 1.29 is 13.9 Å². The Balaban J connectivity index is 1.57. The molecule has 1 aromatic carbocycles. The highest BCUT2D eigenvalue weighted by Gasteiger charge is 2.52. The fourth-order valence-corrected chi connectivity index (χ4v) is 2.64. The average molecular weight is 249 g/mol. The van der Waals surface area contributed by atoms with Crippen LogP contribution < -0.4 is 0 Å². The van der Waals surface area contributed by atoms with E-state index >= 15 is 0 Å². The summed E-state index contributed by atoms with van der Waals surface area (Å²) in [6, 6.07) is 6.64. The van der Waals surface area contributed by atoms with Crippen LogP contribution >= 0.6 is 0 Å². The Hall–Kier alpha value is -1.42. The number of aryl methyl sites for hydroxylation is 1. The number of nitrogens with zero attached hydrogens (tertiary/aromatic N) is 1. The van der Waals surface area contributed by atoms with Crippen LogP contribution in [0.5, 0.6) is 0 Å². The number of amides is 1. The zero-order chi connectivity index (χ0) is 12.6. The molecule has 2 heterocycles. The maximum absolute atomic E-state index is 13.4. The van der Waals surface area contributed by atoms with E-state index in [0.717, 1.165) is 13.0 Å². The average Bonchev–Trinajstić information content (AvgIpc) is 2.24. The van der Waals surface area contributed by atoms with Gasteiger partial charge in [0.25, 0.3) is 0 Å². The molecule has 2 aliphatic heterocycles. The van der Waals surface area contributed by atoms with Crippen LogP contribution in [-0.4, -0.2) is 36.1 Å². The van der Waals surface area contributed by atoms with Crippen LogP contribution in [0.15, 0.2) is 24.3 Å². The van der Waals surface area contributed by atoms with E-state index in [1.807, 2.05) is 4.90 Å². The highest BCUT2D eigenvalue weighted by molar-refractivity contribution is 5.78. The SMILES string of the molecule is O=C(CCc1ccccc1F)N1CCC12COC2. The minimum Gasteiger partial charge on any atom is -0.376 e. The zero-order valence-corrected chi connectivity index (χ0v) is 10.2. The first-order chi connectivity index (χ1) is 8.71. The summed E-state index contributed by atoms with van der Waals surface area (Å²) in [6.45, 7) is 2.15. The van der Waals surface area contributed by atoms with Crippen molar-refractivity contribution in [2.24, 2.45) is 0 Å². The van der Waals surface area contributed by atoms with Crippen molar-refractivity contribution >= 4 is 5.91 Å². The summed E-state index contributed by atoms with van der Waals surface area (Å²) in [5.74, 6) is -0.108. The van der Waals surface area contributed by atoms with Crippen molar-refractivity contribution in [3.05, 3.63) is 35.6 Å². The normalized spacial score (nSPS) is 20.4. The van der Waals surface area contributed by atoms with Crippen LogP contribution in [0, 0.1) is 5.82 Å². The van der Waals surface area contributed by atoms with Crippen LogP contribution in [0.2, 0.25) is 0 Å². The van der Waals surface area contributed by atoms with Gasteiger partial charge in [-0.2, -0.15) is 0 Å². The molecule has 0 saturated carbocycles. The Morgan fingerprint density at radius 2 is 2.17 bits per heavy atom. The summed E-state index contributed by atoms with van der Waals surface area (Å²) in [5, 5.41) is 0. The topological polar surface area (TPSA) is 29.5 Å². The summed E-state index contributed by atoms with van der Waals surface area (Å²) in [5.41, 5.74) is 0.608. The molecule has 2 aliphatic rings. The van der Waals surface area contributed by atoms with Gasteiger partial charge in [-0.15, -0.1) is 0 Å². The molecule has 2 fully saturated rings. The van der Waals surface area contributed by atoms with Crippen LogP contribution in [0.25, 0.3) is 0 Å². The van der Waals surface area contributed by atoms with E-state index in [1.54, 1.807) is 18.2 Å². The second-order valence-electron chi connectivity index (χ2n) is 5.10. The van der Waals surface area contributed by atoms with Crippen molar-refractivity contribution in [2.75, 3.05) is 19.8 Å². The lowest BCUT2D eigenvalue weighted by atomic mass is 9.82. The van der Waals surface area contributed by atoms with Gasteiger partial charge >= 0.3 is 0 Å². The van der Waals surface area contributed by atoms with Crippen molar-refractivity contribution in [1.29, 1.82) is 0 Å². The summed E-state index contributed by atoms with van der Waals surface area (Å²) in [4.78, 5) is 14.0. The quantitative estimate of drug-likeness (QED) is 0.817. The largest absolute Gasteiger partial charge is 0.376 e. The Labute approximate surface area is 106 Å². The van der Waals surface area contributed by atoms with Crippen molar-refractivity contribution in [3.63, 3.8) is 0 Å². The van der Waals surface area contributed by atoms with E-state index < -0.39 is 0 Å². The Kier molecular flexibility index (Phi) is 2.82. The number of halogens is 1. The van der Waals surface area contributed by atoms with Gasteiger partial charge in [0, 0.05) is 13.0 Å². The molecule has 3 rings (SSSR count). The summed E-state index contributed by atoms with van der Waals surface area (Å²) in [7, 11) is 0. The predicted octanol–water partition coefficient (Wildman–Crippen LogP) is 1.76. The van der Waals surface area contributed by atoms with Gasteiger partial charge in [-0.05, 0) is 24.5 Å². The number of carbonyl (C=O) groups is 1. The Morgan fingerprint density at radius 1 is 1.39 bits per heavy atom. The molecule has 1 spiro atoms. The van der Waals surface area contributed by atoms with E-state index in [0.29, 0.717) is 31.6 Å². The minimum absolute atomic E-state index is 0.00762. The lowest BCUT2D eigenvalue weighted by molar-refractivity contribution is -0.199. The summed E-state index contributed by atoms with van der Waals surface area (Å²) in [6.07, 6.45) is 1.89. The molecular formula is C14H16FNO2. The van der Waals surface area contributed by atoms with E-state index in [-0.39, 0.29) is 17.3 Å². The highest BCUT2D eigenvalue weighted by Crippen LogP contribution is 2.37. The molecule has 96 valence electrons. The molecule has 0 unspecified atom stereocenters. The number of likely N-dealkylation sites (tertiary alicyclic amines) is 1. The third kappa shape index (κ3) is 1.81. The second-order valence-corrected chi connectivity index (χ2v) is 5.10. The van der Waals surface area contributed by atoms with Gasteiger partial charge in [0.2, 0.25) is 5.91 Å². The third-order valence-electron chi connectivity index (χ3n) is 3.98. The van der Waals surface area contributed by atoms with Crippen LogP contribution in [0.3, 0.4) is 0 Å². The van der Waals surface area contributed by atoms with E-state index in [4.69, 9.17) is 4.74 Å². The number of carbonyl (C=O) groups excluding carboxylic acids is 1. The first-order valence-electron chi connectivity index (χ1n) is 6.33. The molecule has 2 saturated heterocycles. The number of benzene rings is 1. The summed E-state index contributed by atoms with van der Waals surface area (Å²) >= 11 is 0. The maximum Gasteiger partial charge on any atom is 0.223 e. The molecule has 0 atom stereocenters. The molecule has 0 aliphatic carbocycles. The molecule has 0 aromatic heterocycles. The van der Waals surface area contributed by atoms with E-state index in [9.17, 15) is 9.18 Å². The van der Waals surface area contributed by atoms with Crippen molar-refractivity contribution in [2.45, 2.75) is 24.8 Å². The molecule has 18 heavy (non-hydrogen) atoms. The lowest BCUT2D eigenvalue weighted by Crippen LogP contribution is -2.72. The molecule has 1 aromatic rings. The number of hydrogen-bond acceptors (Lipinski definition) is 2. The molecular weight excluding hydrogens is 233 g/mol. The Bertz CT molecular complexity index is 465. The fraction of sp³-hybridized carbons (Fsp3) is 0.500. The van der Waals surface area contributed by atoms with Gasteiger partial charge in [0.1, 0.15) is 5.82 Å². The first kappa shape index (κ1) is 11.7. The lowest BCUT2D eigenvalue weighted by Gasteiger charge is -2.57. The Morgan fingerprint density at radius 3 is 2.72 bits per heavy atom. The van der Waals surface area contributed by atoms with Crippen LogP contribution in [-0.2, 0) is 16.0 Å². The maximum atomic E-state index is 13.4. The number of hydrogen-bond donors (Lipinski definition) is 0.